The lowest BCUT2D eigenvalue weighted by Crippen LogP contribution is -2.40. The van der Waals surface area contributed by atoms with Gasteiger partial charge in [-0.25, -0.2) is 9.79 Å². The molecule has 0 aliphatic carbocycles. The van der Waals surface area contributed by atoms with Gasteiger partial charge in [0, 0.05) is 10.5 Å². The van der Waals surface area contributed by atoms with Crippen LogP contribution in [-0.4, -0.2) is 30.5 Å². The SMILES string of the molecule is CCOC(=O)C1=C(C)N=c2s/c(=C/c3ccc(SC)cc3)c(=O)n2C1c1ccccc1OC. The number of benzene rings is 2. The van der Waals surface area contributed by atoms with Crippen LogP contribution in [0.1, 0.15) is 31.0 Å². The molecule has 1 unspecified atom stereocenters. The normalized spacial score (nSPS) is 15.8. The van der Waals surface area contributed by atoms with Gasteiger partial charge in [0.1, 0.15) is 11.8 Å². The molecule has 0 bridgehead atoms. The largest absolute Gasteiger partial charge is 0.496 e. The van der Waals surface area contributed by atoms with Gasteiger partial charge in [-0.3, -0.25) is 9.36 Å². The zero-order valence-corrected chi connectivity index (χ0v) is 20.5. The van der Waals surface area contributed by atoms with Gasteiger partial charge < -0.3 is 9.47 Å². The molecule has 0 amide bonds. The Hall–Kier alpha value is -3.10. The summed E-state index contributed by atoms with van der Waals surface area (Å²) in [5, 5.41) is 0. The van der Waals surface area contributed by atoms with Crippen molar-refractivity contribution in [2.75, 3.05) is 20.0 Å². The lowest BCUT2D eigenvalue weighted by Gasteiger charge is -2.25. The number of methoxy groups -OCH3 is 1. The number of carbonyl (C=O) groups excluding carboxylic acids is 1. The number of allylic oxidation sites excluding steroid dienone is 1. The molecule has 0 saturated heterocycles. The van der Waals surface area contributed by atoms with Crippen LogP contribution in [0, 0.1) is 0 Å². The first kappa shape index (κ1) is 23.1. The van der Waals surface area contributed by atoms with E-state index < -0.39 is 12.0 Å². The van der Waals surface area contributed by atoms with Crippen molar-refractivity contribution in [1.82, 2.24) is 4.57 Å². The molecule has 0 radical (unpaired) electrons. The molecule has 4 rings (SSSR count). The smallest absolute Gasteiger partial charge is 0.338 e. The second kappa shape index (κ2) is 9.80. The van der Waals surface area contributed by atoms with E-state index >= 15 is 0 Å². The van der Waals surface area contributed by atoms with Gasteiger partial charge in [0.25, 0.3) is 5.56 Å². The number of ether oxygens (including phenoxy) is 2. The van der Waals surface area contributed by atoms with Gasteiger partial charge in [0.2, 0.25) is 0 Å². The molecule has 1 aliphatic heterocycles. The lowest BCUT2D eigenvalue weighted by molar-refractivity contribution is -0.139. The minimum atomic E-state index is -0.697. The van der Waals surface area contributed by atoms with Gasteiger partial charge in [-0.15, -0.1) is 11.8 Å². The summed E-state index contributed by atoms with van der Waals surface area (Å²) in [7, 11) is 1.57. The fourth-order valence-corrected chi connectivity index (χ4v) is 5.28. The van der Waals surface area contributed by atoms with E-state index in [-0.39, 0.29) is 12.2 Å². The number of rotatable bonds is 6. The molecule has 0 N–H and O–H groups in total. The molecule has 0 fully saturated rings. The summed E-state index contributed by atoms with van der Waals surface area (Å²) in [6, 6.07) is 14.7. The Kier molecular flexibility index (Phi) is 6.85. The number of nitrogens with zero attached hydrogens (tertiary/aromatic N) is 2. The van der Waals surface area contributed by atoms with Crippen LogP contribution in [0.2, 0.25) is 0 Å². The summed E-state index contributed by atoms with van der Waals surface area (Å²) in [5.74, 6) is 0.0952. The van der Waals surface area contributed by atoms with E-state index in [9.17, 15) is 9.59 Å². The fraction of sp³-hybridized carbons (Fsp3) is 0.240. The average molecular weight is 481 g/mol. The van der Waals surface area contributed by atoms with Crippen molar-refractivity contribution in [1.29, 1.82) is 0 Å². The Labute approximate surface area is 199 Å². The van der Waals surface area contributed by atoms with Gasteiger partial charge in [0.05, 0.1) is 29.5 Å². The van der Waals surface area contributed by atoms with E-state index in [1.807, 2.05) is 60.9 Å². The van der Waals surface area contributed by atoms with Crippen molar-refractivity contribution in [3.63, 3.8) is 0 Å². The number of para-hydroxylation sites is 1. The third-order valence-electron chi connectivity index (χ3n) is 5.36. The fourth-order valence-electron chi connectivity index (χ4n) is 3.83. The van der Waals surface area contributed by atoms with Crippen LogP contribution in [0.4, 0.5) is 0 Å². The minimum absolute atomic E-state index is 0.210. The topological polar surface area (TPSA) is 69.9 Å². The van der Waals surface area contributed by atoms with Crippen LogP contribution in [-0.2, 0) is 9.53 Å². The Bertz CT molecular complexity index is 1400. The van der Waals surface area contributed by atoms with E-state index in [2.05, 4.69) is 4.99 Å². The molecule has 170 valence electrons. The van der Waals surface area contributed by atoms with E-state index in [1.54, 1.807) is 37.3 Å². The lowest BCUT2D eigenvalue weighted by atomic mass is 9.95. The second-order valence-electron chi connectivity index (χ2n) is 7.32. The number of hydrogen-bond donors (Lipinski definition) is 0. The van der Waals surface area contributed by atoms with Crippen LogP contribution in [0.15, 0.2) is 74.5 Å². The molecule has 0 saturated carbocycles. The summed E-state index contributed by atoms with van der Waals surface area (Å²) in [5.41, 5.74) is 2.28. The number of esters is 1. The molecule has 3 aromatic rings. The van der Waals surface area contributed by atoms with Crippen molar-refractivity contribution >= 4 is 35.1 Å². The predicted octanol–water partition coefficient (Wildman–Crippen LogP) is 3.53. The highest BCUT2D eigenvalue weighted by molar-refractivity contribution is 7.98. The summed E-state index contributed by atoms with van der Waals surface area (Å²) >= 11 is 2.97. The van der Waals surface area contributed by atoms with Crippen molar-refractivity contribution in [3.8, 4) is 5.75 Å². The van der Waals surface area contributed by atoms with E-state index in [0.717, 1.165) is 10.5 Å². The predicted molar refractivity (Wildman–Crippen MR) is 132 cm³/mol. The zero-order chi connectivity index (χ0) is 23.5. The van der Waals surface area contributed by atoms with E-state index in [4.69, 9.17) is 9.47 Å². The number of aromatic nitrogens is 1. The van der Waals surface area contributed by atoms with Crippen molar-refractivity contribution in [2.24, 2.45) is 4.99 Å². The van der Waals surface area contributed by atoms with Crippen LogP contribution >= 0.6 is 23.1 Å². The molecule has 1 aromatic heterocycles. The first-order valence-electron chi connectivity index (χ1n) is 10.4. The van der Waals surface area contributed by atoms with Gasteiger partial charge in [0.15, 0.2) is 4.80 Å². The maximum Gasteiger partial charge on any atom is 0.338 e. The third kappa shape index (κ3) is 4.41. The van der Waals surface area contributed by atoms with Crippen LogP contribution in [0.25, 0.3) is 6.08 Å². The van der Waals surface area contributed by atoms with Crippen LogP contribution < -0.4 is 19.6 Å². The van der Waals surface area contributed by atoms with Crippen molar-refractivity contribution in [2.45, 2.75) is 24.8 Å². The summed E-state index contributed by atoms with van der Waals surface area (Å²) in [6.07, 6.45) is 3.88. The molecule has 0 spiro atoms. The minimum Gasteiger partial charge on any atom is -0.496 e. The number of hydrogen-bond acceptors (Lipinski definition) is 7. The molecule has 8 heteroatoms. The molecule has 1 atom stereocenters. The number of thioether (sulfide) groups is 1. The standard InChI is InChI=1S/C25H24N2O4S2/c1-5-31-24(29)21-15(2)26-25-27(22(21)18-8-6-7-9-19(18)30-3)23(28)20(33-25)14-16-10-12-17(32-4)13-11-16/h6-14,22H,5H2,1-4H3/b20-14+. The van der Waals surface area contributed by atoms with Gasteiger partial charge in [-0.1, -0.05) is 41.7 Å². The third-order valence-corrected chi connectivity index (χ3v) is 7.09. The molecule has 33 heavy (non-hydrogen) atoms. The average Bonchev–Trinajstić information content (AvgIpc) is 3.13. The molecular formula is C25H24N2O4S2. The van der Waals surface area contributed by atoms with E-state index in [0.29, 0.717) is 31.9 Å². The monoisotopic (exact) mass is 480 g/mol. The molecule has 2 aromatic carbocycles. The van der Waals surface area contributed by atoms with Crippen LogP contribution in [0.3, 0.4) is 0 Å². The highest BCUT2D eigenvalue weighted by Gasteiger charge is 2.34. The molecule has 1 aliphatic rings. The number of thiazole rings is 1. The van der Waals surface area contributed by atoms with Gasteiger partial charge >= 0.3 is 5.97 Å². The quantitative estimate of drug-likeness (QED) is 0.399. The summed E-state index contributed by atoms with van der Waals surface area (Å²) in [4.78, 5) is 32.9. The van der Waals surface area contributed by atoms with Gasteiger partial charge in [-0.2, -0.15) is 0 Å². The van der Waals surface area contributed by atoms with Crippen molar-refractivity contribution in [3.05, 3.63) is 90.6 Å². The second-order valence-corrected chi connectivity index (χ2v) is 9.21. The first-order chi connectivity index (χ1) is 16.0. The van der Waals surface area contributed by atoms with Crippen molar-refractivity contribution < 1.29 is 14.3 Å². The highest BCUT2D eigenvalue weighted by atomic mass is 32.2. The van der Waals surface area contributed by atoms with Crippen LogP contribution in [0.5, 0.6) is 5.75 Å². The number of carbonyl (C=O) groups is 1. The Morgan fingerprint density at radius 3 is 2.61 bits per heavy atom. The zero-order valence-electron chi connectivity index (χ0n) is 18.8. The van der Waals surface area contributed by atoms with Gasteiger partial charge in [-0.05, 0) is 49.9 Å². The molecular weight excluding hydrogens is 456 g/mol. The number of fused-ring (bicyclic) bond motifs is 1. The highest BCUT2D eigenvalue weighted by Crippen LogP contribution is 2.35. The Balaban J connectivity index is 1.95. The Morgan fingerprint density at radius 2 is 1.94 bits per heavy atom. The first-order valence-corrected chi connectivity index (χ1v) is 12.5. The maximum atomic E-state index is 13.6. The van der Waals surface area contributed by atoms with E-state index in [1.165, 1.54) is 11.3 Å². The summed E-state index contributed by atoms with van der Waals surface area (Å²) in [6.45, 7) is 3.75. The molecule has 6 nitrogen and oxygen atoms in total. The Morgan fingerprint density at radius 1 is 1.21 bits per heavy atom. The maximum absolute atomic E-state index is 13.6. The summed E-state index contributed by atoms with van der Waals surface area (Å²) < 4.78 is 13.0. The molecule has 2 heterocycles.